The van der Waals surface area contributed by atoms with Gasteiger partial charge >= 0.3 is 5.97 Å². The number of esters is 1. The van der Waals surface area contributed by atoms with Crippen LogP contribution in [0.25, 0.3) is 6.08 Å². The van der Waals surface area contributed by atoms with Crippen molar-refractivity contribution >= 4 is 41.2 Å². The van der Waals surface area contributed by atoms with Crippen molar-refractivity contribution in [2.45, 2.75) is 12.5 Å². The Kier molecular flexibility index (Phi) is 6.79. The molecular weight excluding hydrogens is 361 g/mol. The lowest BCUT2D eigenvalue weighted by Gasteiger charge is -2.35. The summed E-state index contributed by atoms with van der Waals surface area (Å²) in [6.07, 6.45) is 2.58. The minimum Gasteiger partial charge on any atom is -0.469 e. The molecule has 1 aromatic rings. The molecule has 1 heterocycles. The van der Waals surface area contributed by atoms with Crippen LogP contribution in [-0.4, -0.2) is 54.0 Å². The summed E-state index contributed by atoms with van der Waals surface area (Å²) in [7, 11) is 1.23. The van der Waals surface area contributed by atoms with E-state index in [4.69, 9.17) is 12.2 Å². The highest BCUT2D eigenvalue weighted by atomic mass is 32.1. The molecule has 0 radical (unpaired) electrons. The lowest BCUT2D eigenvalue weighted by Crippen LogP contribution is -2.60. The molecule has 0 aliphatic carbocycles. The number of halogens is 1. The Balaban J connectivity index is 1.99. The lowest BCUT2D eigenvalue weighted by molar-refractivity contribution is -0.144. The molecule has 1 fully saturated rings. The lowest BCUT2D eigenvalue weighted by atomic mass is 10.1. The zero-order chi connectivity index (χ0) is 19.1. The van der Waals surface area contributed by atoms with Crippen LogP contribution < -0.4 is 10.6 Å². The van der Waals surface area contributed by atoms with Crippen molar-refractivity contribution in [3.05, 3.63) is 41.7 Å². The van der Waals surface area contributed by atoms with E-state index < -0.39 is 17.9 Å². The van der Waals surface area contributed by atoms with Gasteiger partial charge in [-0.15, -0.1) is 0 Å². The van der Waals surface area contributed by atoms with Crippen molar-refractivity contribution in [1.29, 1.82) is 0 Å². The largest absolute Gasteiger partial charge is 0.469 e. The third-order valence-electron chi connectivity index (χ3n) is 3.71. The summed E-state index contributed by atoms with van der Waals surface area (Å²) >= 11 is 5.20. The van der Waals surface area contributed by atoms with Gasteiger partial charge < -0.3 is 15.0 Å². The standard InChI is InChI=1S/C17H18FN3O4S/c1-25-15(23)10-13-16(24)19-8-9-21(13)17(26)20-14(22)7-4-11-2-5-12(18)6-3-11/h2-7,13H,8-10H2,1H3,(H,19,24)(H,20,22,26)/b7-4+. The fourth-order valence-corrected chi connectivity index (χ4v) is 2.69. The number of carbonyl (C=O) groups excluding carboxylic acids is 3. The number of hydrogen-bond donors (Lipinski definition) is 2. The third kappa shape index (κ3) is 5.35. The van der Waals surface area contributed by atoms with Crippen LogP contribution in [0.4, 0.5) is 4.39 Å². The predicted octanol–water partition coefficient (Wildman–Crippen LogP) is 0.604. The topological polar surface area (TPSA) is 87.7 Å². The van der Waals surface area contributed by atoms with E-state index in [1.165, 1.54) is 48.4 Å². The maximum Gasteiger partial charge on any atom is 0.308 e. The molecule has 1 saturated heterocycles. The number of carbonyl (C=O) groups is 3. The number of ether oxygens (including phenoxy) is 1. The quantitative estimate of drug-likeness (QED) is 0.453. The highest BCUT2D eigenvalue weighted by Crippen LogP contribution is 2.10. The summed E-state index contributed by atoms with van der Waals surface area (Å²) in [5, 5.41) is 5.19. The van der Waals surface area contributed by atoms with Crippen molar-refractivity contribution in [3.63, 3.8) is 0 Å². The molecule has 7 nitrogen and oxygen atoms in total. The molecule has 0 bridgehead atoms. The number of piperazine rings is 1. The number of benzene rings is 1. The van der Waals surface area contributed by atoms with E-state index >= 15 is 0 Å². The van der Waals surface area contributed by atoms with E-state index in [-0.39, 0.29) is 23.3 Å². The Morgan fingerprint density at radius 1 is 1.42 bits per heavy atom. The van der Waals surface area contributed by atoms with Crippen LogP contribution in [0.1, 0.15) is 12.0 Å². The fourth-order valence-electron chi connectivity index (χ4n) is 2.37. The molecule has 1 aliphatic heterocycles. The molecule has 2 N–H and O–H groups in total. The minimum atomic E-state index is -0.843. The molecule has 0 spiro atoms. The molecule has 1 atom stereocenters. The smallest absolute Gasteiger partial charge is 0.308 e. The molecule has 0 saturated carbocycles. The van der Waals surface area contributed by atoms with Crippen LogP contribution in [-0.2, 0) is 19.1 Å². The number of hydrogen-bond acceptors (Lipinski definition) is 5. The number of amides is 2. The summed E-state index contributed by atoms with van der Waals surface area (Å²) in [6.45, 7) is 0.701. The van der Waals surface area contributed by atoms with Gasteiger partial charge in [0, 0.05) is 19.2 Å². The summed E-state index contributed by atoms with van der Waals surface area (Å²) in [5.41, 5.74) is 0.647. The number of nitrogens with one attached hydrogen (secondary N) is 2. The van der Waals surface area contributed by atoms with Gasteiger partial charge in [0.05, 0.1) is 13.5 Å². The first-order valence-corrected chi connectivity index (χ1v) is 8.21. The van der Waals surface area contributed by atoms with Crippen molar-refractivity contribution < 1.29 is 23.5 Å². The van der Waals surface area contributed by atoms with Gasteiger partial charge in [-0.3, -0.25) is 19.7 Å². The van der Waals surface area contributed by atoms with Crippen molar-refractivity contribution in [2.75, 3.05) is 20.2 Å². The molecule has 2 amide bonds. The second-order valence-corrected chi connectivity index (χ2v) is 5.85. The fraction of sp³-hybridized carbons (Fsp3) is 0.294. The second kappa shape index (κ2) is 9.04. The summed E-state index contributed by atoms with van der Waals surface area (Å²) in [4.78, 5) is 37.0. The van der Waals surface area contributed by atoms with Crippen LogP contribution in [0, 0.1) is 5.82 Å². The highest BCUT2D eigenvalue weighted by molar-refractivity contribution is 7.80. The second-order valence-electron chi connectivity index (χ2n) is 5.46. The summed E-state index contributed by atoms with van der Waals surface area (Å²) in [5.74, 6) is -1.78. The first kappa shape index (κ1) is 19.5. The number of nitrogens with zero attached hydrogens (tertiary/aromatic N) is 1. The normalized spacial score (nSPS) is 16.9. The molecule has 138 valence electrons. The van der Waals surface area contributed by atoms with E-state index in [0.29, 0.717) is 18.7 Å². The zero-order valence-corrected chi connectivity index (χ0v) is 14.8. The highest BCUT2D eigenvalue weighted by Gasteiger charge is 2.33. The monoisotopic (exact) mass is 379 g/mol. The Bertz CT molecular complexity index is 736. The minimum absolute atomic E-state index is 0.0440. The van der Waals surface area contributed by atoms with Crippen molar-refractivity contribution in [2.24, 2.45) is 0 Å². The van der Waals surface area contributed by atoms with Crippen LogP contribution in [0.3, 0.4) is 0 Å². The summed E-state index contributed by atoms with van der Waals surface area (Å²) in [6, 6.07) is 4.78. The SMILES string of the molecule is COC(=O)CC1C(=O)NCCN1C(=S)NC(=O)/C=C/c1ccc(F)cc1. The number of methoxy groups -OCH3 is 1. The van der Waals surface area contributed by atoms with Crippen molar-refractivity contribution in [3.8, 4) is 0 Å². The van der Waals surface area contributed by atoms with Gasteiger partial charge in [-0.25, -0.2) is 4.39 Å². The number of rotatable bonds is 4. The zero-order valence-electron chi connectivity index (χ0n) is 14.0. The van der Waals surface area contributed by atoms with E-state index in [9.17, 15) is 18.8 Å². The van der Waals surface area contributed by atoms with Gasteiger partial charge in [0.15, 0.2) is 5.11 Å². The van der Waals surface area contributed by atoms with Gasteiger partial charge in [-0.1, -0.05) is 12.1 Å². The molecule has 0 aromatic heterocycles. The van der Waals surface area contributed by atoms with Gasteiger partial charge in [0.25, 0.3) is 0 Å². The Morgan fingerprint density at radius 2 is 2.12 bits per heavy atom. The predicted molar refractivity (Wildman–Crippen MR) is 96.3 cm³/mol. The maximum absolute atomic E-state index is 12.9. The molecular formula is C17H18FN3O4S. The Hall–Kier alpha value is -2.81. The van der Waals surface area contributed by atoms with Gasteiger partial charge in [0.2, 0.25) is 11.8 Å². The van der Waals surface area contributed by atoms with Crippen molar-refractivity contribution in [1.82, 2.24) is 15.5 Å². The van der Waals surface area contributed by atoms with Crippen LogP contribution in [0.5, 0.6) is 0 Å². The third-order valence-corrected chi connectivity index (χ3v) is 4.04. The first-order chi connectivity index (χ1) is 12.4. The Labute approximate surface area is 155 Å². The van der Waals surface area contributed by atoms with E-state index in [1.807, 2.05) is 0 Å². The van der Waals surface area contributed by atoms with E-state index in [0.717, 1.165) is 0 Å². The van der Waals surface area contributed by atoms with Crippen LogP contribution in [0.2, 0.25) is 0 Å². The van der Waals surface area contributed by atoms with Gasteiger partial charge in [-0.05, 0) is 36.0 Å². The molecule has 1 unspecified atom stereocenters. The first-order valence-electron chi connectivity index (χ1n) is 7.80. The van der Waals surface area contributed by atoms with Gasteiger partial charge in [-0.2, -0.15) is 0 Å². The summed E-state index contributed by atoms with van der Waals surface area (Å²) < 4.78 is 17.4. The molecule has 1 aromatic carbocycles. The average molecular weight is 379 g/mol. The Morgan fingerprint density at radius 3 is 2.77 bits per heavy atom. The molecule has 2 rings (SSSR count). The molecule has 9 heteroatoms. The van der Waals surface area contributed by atoms with E-state index in [2.05, 4.69) is 15.4 Å². The van der Waals surface area contributed by atoms with Gasteiger partial charge in [0.1, 0.15) is 11.9 Å². The molecule has 26 heavy (non-hydrogen) atoms. The maximum atomic E-state index is 12.9. The van der Waals surface area contributed by atoms with E-state index in [1.54, 1.807) is 0 Å². The number of thiocarbonyl (C=S) groups is 1. The average Bonchev–Trinajstić information content (AvgIpc) is 2.62. The van der Waals surface area contributed by atoms with Crippen LogP contribution in [0.15, 0.2) is 30.3 Å². The molecule has 1 aliphatic rings. The van der Waals surface area contributed by atoms with Crippen LogP contribution >= 0.6 is 12.2 Å².